The van der Waals surface area contributed by atoms with Crippen molar-refractivity contribution in [1.82, 2.24) is 4.98 Å². The second-order valence-corrected chi connectivity index (χ2v) is 4.41. The van der Waals surface area contributed by atoms with Gasteiger partial charge in [-0.3, -0.25) is 9.78 Å². The minimum Gasteiger partial charge on any atom is -0.368 e. The van der Waals surface area contributed by atoms with Gasteiger partial charge in [-0.1, -0.05) is 18.2 Å². The van der Waals surface area contributed by atoms with E-state index in [9.17, 15) is 4.79 Å². The number of hydrogen-bond acceptors (Lipinski definition) is 3. The molecule has 1 saturated heterocycles. The third-order valence-electron chi connectivity index (χ3n) is 3.08. The van der Waals surface area contributed by atoms with Crippen LogP contribution in [0.15, 0.2) is 36.5 Å². The first-order valence-electron chi connectivity index (χ1n) is 6.10. The van der Waals surface area contributed by atoms with Gasteiger partial charge in [0, 0.05) is 12.0 Å². The summed E-state index contributed by atoms with van der Waals surface area (Å²) in [4.78, 5) is 16.2. The van der Waals surface area contributed by atoms with Crippen molar-refractivity contribution in [3.8, 4) is 0 Å². The first kappa shape index (κ1) is 11.2. The molecule has 3 rings (SSSR count). The van der Waals surface area contributed by atoms with Gasteiger partial charge in [-0.05, 0) is 25.0 Å². The number of hydrogen-bond donors (Lipinski definition) is 1. The zero-order valence-electron chi connectivity index (χ0n) is 9.93. The van der Waals surface area contributed by atoms with Crippen molar-refractivity contribution in [2.45, 2.75) is 18.9 Å². The summed E-state index contributed by atoms with van der Waals surface area (Å²) in [6.07, 6.45) is 3.12. The predicted molar refractivity (Wildman–Crippen MR) is 69.3 cm³/mol. The maximum atomic E-state index is 11.9. The van der Waals surface area contributed by atoms with E-state index in [1.165, 1.54) is 0 Å². The van der Waals surface area contributed by atoms with E-state index in [-0.39, 0.29) is 12.0 Å². The van der Waals surface area contributed by atoms with Crippen LogP contribution in [0, 0.1) is 0 Å². The van der Waals surface area contributed by atoms with Gasteiger partial charge in [0.2, 0.25) is 0 Å². The number of para-hydroxylation sites is 1. The van der Waals surface area contributed by atoms with E-state index in [2.05, 4.69) is 10.3 Å². The van der Waals surface area contributed by atoms with Gasteiger partial charge in [0.15, 0.2) is 0 Å². The van der Waals surface area contributed by atoms with Crippen molar-refractivity contribution in [1.29, 1.82) is 0 Å². The van der Waals surface area contributed by atoms with Crippen LogP contribution in [0.5, 0.6) is 0 Å². The molecule has 2 aromatic rings. The summed E-state index contributed by atoms with van der Waals surface area (Å²) < 4.78 is 5.34. The topological polar surface area (TPSA) is 51.2 Å². The summed E-state index contributed by atoms with van der Waals surface area (Å²) >= 11 is 0. The number of anilines is 1. The Kier molecular flexibility index (Phi) is 2.94. The van der Waals surface area contributed by atoms with Crippen LogP contribution in [-0.4, -0.2) is 23.6 Å². The van der Waals surface area contributed by atoms with Crippen LogP contribution in [0.3, 0.4) is 0 Å². The van der Waals surface area contributed by atoms with E-state index in [0.717, 1.165) is 23.7 Å². The van der Waals surface area contributed by atoms with Gasteiger partial charge in [0.25, 0.3) is 5.91 Å². The van der Waals surface area contributed by atoms with Gasteiger partial charge in [-0.2, -0.15) is 0 Å². The van der Waals surface area contributed by atoms with Crippen molar-refractivity contribution < 1.29 is 9.53 Å². The van der Waals surface area contributed by atoms with E-state index in [1.807, 2.05) is 30.3 Å². The first-order chi connectivity index (χ1) is 8.83. The smallest absolute Gasteiger partial charge is 0.253 e. The van der Waals surface area contributed by atoms with Gasteiger partial charge in [0.05, 0.1) is 17.4 Å². The molecule has 1 fully saturated rings. The second kappa shape index (κ2) is 4.74. The minimum atomic E-state index is -0.309. The molecule has 1 aliphatic rings. The van der Waals surface area contributed by atoms with Gasteiger partial charge in [0.1, 0.15) is 6.10 Å². The van der Waals surface area contributed by atoms with Crippen LogP contribution in [-0.2, 0) is 9.53 Å². The van der Waals surface area contributed by atoms with Crippen molar-refractivity contribution in [3.63, 3.8) is 0 Å². The Labute approximate surface area is 105 Å². The van der Waals surface area contributed by atoms with Crippen LogP contribution in [0.2, 0.25) is 0 Å². The number of carbonyl (C=O) groups is 1. The van der Waals surface area contributed by atoms with E-state index >= 15 is 0 Å². The number of benzene rings is 1. The summed E-state index contributed by atoms with van der Waals surface area (Å²) in [5, 5.41) is 3.87. The van der Waals surface area contributed by atoms with Crippen molar-refractivity contribution in [2.24, 2.45) is 0 Å². The molecule has 1 unspecified atom stereocenters. The van der Waals surface area contributed by atoms with Crippen molar-refractivity contribution in [2.75, 3.05) is 11.9 Å². The fourth-order valence-corrected chi connectivity index (χ4v) is 2.15. The summed E-state index contributed by atoms with van der Waals surface area (Å²) in [6.45, 7) is 0.675. The van der Waals surface area contributed by atoms with Gasteiger partial charge in [-0.25, -0.2) is 0 Å². The SMILES string of the molecule is O=C(Nc1cnc2ccccc2c1)C1CCCO1. The quantitative estimate of drug-likeness (QED) is 0.879. The lowest BCUT2D eigenvalue weighted by atomic mass is 10.2. The van der Waals surface area contributed by atoms with Crippen LogP contribution in [0.25, 0.3) is 10.9 Å². The third-order valence-corrected chi connectivity index (χ3v) is 3.08. The Morgan fingerprint density at radius 1 is 1.39 bits per heavy atom. The average molecular weight is 242 g/mol. The van der Waals surface area contributed by atoms with Crippen molar-refractivity contribution >= 4 is 22.5 Å². The molecule has 4 nitrogen and oxygen atoms in total. The highest BCUT2D eigenvalue weighted by Gasteiger charge is 2.23. The monoisotopic (exact) mass is 242 g/mol. The molecule has 18 heavy (non-hydrogen) atoms. The summed E-state index contributed by atoms with van der Waals surface area (Å²) in [5.41, 5.74) is 1.64. The minimum absolute atomic E-state index is 0.0791. The predicted octanol–water partition coefficient (Wildman–Crippen LogP) is 2.35. The zero-order chi connectivity index (χ0) is 12.4. The molecule has 4 heteroatoms. The zero-order valence-corrected chi connectivity index (χ0v) is 9.93. The Bertz CT molecular complexity index is 577. The van der Waals surface area contributed by atoms with Crippen LogP contribution >= 0.6 is 0 Å². The normalized spacial score (nSPS) is 19.0. The maximum Gasteiger partial charge on any atom is 0.253 e. The molecule has 0 radical (unpaired) electrons. The Hall–Kier alpha value is -1.94. The number of nitrogens with zero attached hydrogens (tertiary/aromatic N) is 1. The molecular weight excluding hydrogens is 228 g/mol. The summed E-state index contributed by atoms with van der Waals surface area (Å²) in [6, 6.07) is 9.75. The Morgan fingerprint density at radius 3 is 3.11 bits per heavy atom. The largest absolute Gasteiger partial charge is 0.368 e. The number of fused-ring (bicyclic) bond motifs is 1. The van der Waals surface area contributed by atoms with Gasteiger partial charge < -0.3 is 10.1 Å². The number of pyridine rings is 1. The number of ether oxygens (including phenoxy) is 1. The number of aromatic nitrogens is 1. The fourth-order valence-electron chi connectivity index (χ4n) is 2.15. The molecule has 1 N–H and O–H groups in total. The van der Waals surface area contributed by atoms with E-state index in [4.69, 9.17) is 4.74 Å². The number of nitrogens with one attached hydrogen (secondary N) is 1. The molecule has 0 aliphatic carbocycles. The number of rotatable bonds is 2. The molecule has 1 aliphatic heterocycles. The maximum absolute atomic E-state index is 11.9. The Balaban J connectivity index is 1.79. The second-order valence-electron chi connectivity index (χ2n) is 4.41. The van der Waals surface area contributed by atoms with Gasteiger partial charge >= 0.3 is 0 Å². The first-order valence-corrected chi connectivity index (χ1v) is 6.10. The lowest BCUT2D eigenvalue weighted by Crippen LogP contribution is -2.26. The van der Waals surface area contributed by atoms with Gasteiger partial charge in [-0.15, -0.1) is 0 Å². The van der Waals surface area contributed by atoms with Crippen LogP contribution in [0.1, 0.15) is 12.8 Å². The summed E-state index contributed by atoms with van der Waals surface area (Å²) in [5.74, 6) is -0.0791. The fraction of sp³-hybridized carbons (Fsp3) is 0.286. The molecule has 1 aromatic carbocycles. The van der Waals surface area contributed by atoms with Crippen LogP contribution in [0.4, 0.5) is 5.69 Å². The Morgan fingerprint density at radius 2 is 2.28 bits per heavy atom. The lowest BCUT2D eigenvalue weighted by Gasteiger charge is -2.10. The molecule has 0 bridgehead atoms. The highest BCUT2D eigenvalue weighted by atomic mass is 16.5. The van der Waals surface area contributed by atoms with E-state index in [1.54, 1.807) is 6.20 Å². The number of amides is 1. The third kappa shape index (κ3) is 2.19. The van der Waals surface area contributed by atoms with E-state index < -0.39 is 0 Å². The molecule has 1 aromatic heterocycles. The molecular formula is C14H14N2O2. The lowest BCUT2D eigenvalue weighted by molar-refractivity contribution is -0.124. The molecule has 92 valence electrons. The molecule has 0 spiro atoms. The molecule has 0 saturated carbocycles. The van der Waals surface area contributed by atoms with Crippen molar-refractivity contribution in [3.05, 3.63) is 36.5 Å². The standard InChI is InChI=1S/C14H14N2O2/c17-14(13-6-3-7-18-13)16-11-8-10-4-1-2-5-12(10)15-9-11/h1-2,4-5,8-9,13H,3,6-7H2,(H,16,17). The number of carbonyl (C=O) groups excluding carboxylic acids is 1. The summed E-state index contributed by atoms with van der Waals surface area (Å²) in [7, 11) is 0. The molecule has 2 heterocycles. The van der Waals surface area contributed by atoms with Crippen LogP contribution < -0.4 is 5.32 Å². The average Bonchev–Trinajstić information content (AvgIpc) is 2.92. The highest BCUT2D eigenvalue weighted by molar-refractivity contribution is 5.95. The van der Waals surface area contributed by atoms with E-state index in [0.29, 0.717) is 12.3 Å². The highest BCUT2D eigenvalue weighted by Crippen LogP contribution is 2.18. The molecule has 1 amide bonds. The molecule has 1 atom stereocenters.